The van der Waals surface area contributed by atoms with Crippen molar-refractivity contribution in [2.75, 3.05) is 6.26 Å². The summed E-state index contributed by atoms with van der Waals surface area (Å²) >= 11 is 1.49. The first-order valence-electron chi connectivity index (χ1n) is 6.38. The Labute approximate surface area is 121 Å². The fourth-order valence-electron chi connectivity index (χ4n) is 2.23. The molecule has 3 rings (SSSR count). The highest BCUT2D eigenvalue weighted by Gasteiger charge is 2.16. The van der Waals surface area contributed by atoms with Crippen molar-refractivity contribution < 1.29 is 4.79 Å². The number of hydrogen-bond acceptors (Lipinski definition) is 3. The van der Waals surface area contributed by atoms with E-state index < -0.39 is 0 Å². The van der Waals surface area contributed by atoms with Gasteiger partial charge in [-0.25, -0.2) is 4.98 Å². The quantitative estimate of drug-likeness (QED) is 0.688. The summed E-state index contributed by atoms with van der Waals surface area (Å²) in [6, 6.07) is 17.5. The fourth-order valence-corrected chi connectivity index (χ4v) is 2.80. The smallest absolute Gasteiger partial charge is 0.237 e. The van der Waals surface area contributed by atoms with Gasteiger partial charge in [-0.3, -0.25) is 9.36 Å². The first-order valence-corrected chi connectivity index (χ1v) is 7.60. The average Bonchev–Trinajstić information content (AvgIpc) is 2.86. The van der Waals surface area contributed by atoms with Crippen LogP contribution in [0.3, 0.4) is 0 Å². The maximum absolute atomic E-state index is 12.6. The predicted octanol–water partition coefficient (Wildman–Crippen LogP) is 3.64. The summed E-state index contributed by atoms with van der Waals surface area (Å²) in [6.07, 6.45) is 2.32. The lowest BCUT2D eigenvalue weighted by molar-refractivity contribution is 0.0909. The van der Waals surface area contributed by atoms with Gasteiger partial charge in [-0.15, -0.1) is 0 Å². The van der Waals surface area contributed by atoms with E-state index in [1.165, 1.54) is 11.8 Å². The molecule has 0 saturated heterocycles. The molecule has 0 fully saturated rings. The molecule has 4 heteroatoms. The van der Waals surface area contributed by atoms with E-state index in [0.717, 1.165) is 21.8 Å². The third kappa shape index (κ3) is 2.34. The fraction of sp³-hybridized carbons (Fsp3) is 0.125. The van der Waals surface area contributed by atoms with Gasteiger partial charge in [0.1, 0.15) is 0 Å². The SMILES string of the molecule is CSc1nc2ccccc2n1C(=O)Cc1ccccc1. The molecule has 0 bridgehead atoms. The Bertz CT molecular complexity index is 750. The predicted molar refractivity (Wildman–Crippen MR) is 82.3 cm³/mol. The molecule has 0 spiro atoms. The zero-order chi connectivity index (χ0) is 13.9. The summed E-state index contributed by atoms with van der Waals surface area (Å²) in [5.74, 6) is 0.0502. The number of nitrogens with zero attached hydrogens (tertiary/aromatic N) is 2. The normalized spacial score (nSPS) is 10.8. The summed E-state index contributed by atoms with van der Waals surface area (Å²) in [4.78, 5) is 17.1. The largest absolute Gasteiger partial charge is 0.274 e. The first-order chi connectivity index (χ1) is 9.79. The number of rotatable bonds is 3. The molecule has 3 aromatic rings. The minimum atomic E-state index is 0.0502. The Balaban J connectivity index is 2.02. The van der Waals surface area contributed by atoms with Crippen LogP contribution in [-0.2, 0) is 6.42 Å². The van der Waals surface area contributed by atoms with E-state index in [2.05, 4.69) is 4.98 Å². The lowest BCUT2D eigenvalue weighted by atomic mass is 10.1. The number of carbonyl (C=O) groups excluding carboxylic acids is 1. The van der Waals surface area contributed by atoms with E-state index >= 15 is 0 Å². The van der Waals surface area contributed by atoms with Crippen LogP contribution < -0.4 is 0 Å². The third-order valence-electron chi connectivity index (χ3n) is 3.16. The molecular weight excluding hydrogens is 268 g/mol. The van der Waals surface area contributed by atoms with Gasteiger partial charge in [0, 0.05) is 0 Å². The number of thioether (sulfide) groups is 1. The number of imidazole rings is 1. The van der Waals surface area contributed by atoms with Crippen LogP contribution in [0.2, 0.25) is 0 Å². The molecule has 2 aromatic carbocycles. The zero-order valence-corrected chi connectivity index (χ0v) is 11.9. The number of aromatic nitrogens is 2. The van der Waals surface area contributed by atoms with E-state index in [-0.39, 0.29) is 5.91 Å². The van der Waals surface area contributed by atoms with Crippen molar-refractivity contribution in [2.24, 2.45) is 0 Å². The van der Waals surface area contributed by atoms with Crippen LogP contribution in [0.4, 0.5) is 0 Å². The molecule has 1 aromatic heterocycles. The van der Waals surface area contributed by atoms with Gasteiger partial charge in [-0.1, -0.05) is 54.2 Å². The van der Waals surface area contributed by atoms with E-state index in [4.69, 9.17) is 0 Å². The van der Waals surface area contributed by atoms with Gasteiger partial charge in [0.15, 0.2) is 5.16 Å². The van der Waals surface area contributed by atoms with Crippen LogP contribution >= 0.6 is 11.8 Å². The summed E-state index contributed by atoms with van der Waals surface area (Å²) in [6.45, 7) is 0. The molecule has 100 valence electrons. The molecule has 0 aliphatic rings. The first kappa shape index (κ1) is 12.9. The molecule has 1 heterocycles. The molecule has 0 aliphatic heterocycles. The van der Waals surface area contributed by atoms with E-state index in [9.17, 15) is 4.79 Å². The van der Waals surface area contributed by atoms with Crippen LogP contribution in [0.15, 0.2) is 59.8 Å². The van der Waals surface area contributed by atoms with Crippen molar-refractivity contribution in [1.29, 1.82) is 0 Å². The van der Waals surface area contributed by atoms with Gasteiger partial charge in [-0.05, 0) is 24.0 Å². The van der Waals surface area contributed by atoms with E-state index in [1.807, 2.05) is 60.9 Å². The zero-order valence-electron chi connectivity index (χ0n) is 11.1. The van der Waals surface area contributed by atoms with Crippen molar-refractivity contribution in [2.45, 2.75) is 11.6 Å². The maximum Gasteiger partial charge on any atom is 0.237 e. The number of fused-ring (bicyclic) bond motifs is 1. The Morgan fingerprint density at radius 3 is 2.55 bits per heavy atom. The molecule has 0 unspecified atom stereocenters. The number of carbonyl (C=O) groups is 1. The van der Waals surface area contributed by atoms with E-state index in [1.54, 1.807) is 4.57 Å². The van der Waals surface area contributed by atoms with Crippen molar-refractivity contribution >= 4 is 28.7 Å². The second kappa shape index (κ2) is 5.51. The molecular formula is C16H14N2OS. The van der Waals surface area contributed by atoms with Crippen molar-refractivity contribution in [1.82, 2.24) is 9.55 Å². The van der Waals surface area contributed by atoms with Crippen LogP contribution in [-0.4, -0.2) is 21.7 Å². The molecule has 0 N–H and O–H groups in total. The number of hydrogen-bond donors (Lipinski definition) is 0. The molecule has 0 aliphatic carbocycles. The van der Waals surface area contributed by atoms with Gasteiger partial charge in [0.05, 0.1) is 17.5 Å². The van der Waals surface area contributed by atoms with Gasteiger partial charge < -0.3 is 0 Å². The van der Waals surface area contributed by atoms with Gasteiger partial charge in [-0.2, -0.15) is 0 Å². The topological polar surface area (TPSA) is 34.9 Å². The highest BCUT2D eigenvalue weighted by atomic mass is 32.2. The monoisotopic (exact) mass is 282 g/mol. The molecule has 20 heavy (non-hydrogen) atoms. The van der Waals surface area contributed by atoms with Gasteiger partial charge in [0.2, 0.25) is 5.91 Å². The number of para-hydroxylation sites is 2. The second-order valence-corrected chi connectivity index (χ2v) is 5.25. The highest BCUT2D eigenvalue weighted by Crippen LogP contribution is 2.22. The molecule has 3 nitrogen and oxygen atoms in total. The Morgan fingerprint density at radius 1 is 1.10 bits per heavy atom. The summed E-state index contributed by atoms with van der Waals surface area (Å²) in [5, 5.41) is 0.743. The second-order valence-electron chi connectivity index (χ2n) is 4.48. The maximum atomic E-state index is 12.6. The summed E-state index contributed by atoms with van der Waals surface area (Å²) in [7, 11) is 0. The van der Waals surface area contributed by atoms with Crippen LogP contribution in [0, 0.1) is 0 Å². The summed E-state index contributed by atoms with van der Waals surface area (Å²) < 4.78 is 1.72. The van der Waals surface area contributed by atoms with Crippen LogP contribution in [0.5, 0.6) is 0 Å². The highest BCUT2D eigenvalue weighted by molar-refractivity contribution is 7.98. The minimum Gasteiger partial charge on any atom is -0.274 e. The molecule has 0 saturated carbocycles. The molecule has 0 amide bonds. The Morgan fingerprint density at radius 2 is 1.80 bits per heavy atom. The lowest BCUT2D eigenvalue weighted by Crippen LogP contribution is -2.14. The van der Waals surface area contributed by atoms with Crippen molar-refractivity contribution in [3.8, 4) is 0 Å². The lowest BCUT2D eigenvalue weighted by Gasteiger charge is -2.06. The Hall–Kier alpha value is -2.07. The molecule has 0 atom stereocenters. The van der Waals surface area contributed by atoms with Gasteiger partial charge >= 0.3 is 0 Å². The molecule has 0 radical (unpaired) electrons. The Kier molecular flexibility index (Phi) is 3.56. The number of benzene rings is 2. The third-order valence-corrected chi connectivity index (χ3v) is 3.80. The summed E-state index contributed by atoms with van der Waals surface area (Å²) in [5.41, 5.74) is 2.75. The van der Waals surface area contributed by atoms with Crippen molar-refractivity contribution in [3.63, 3.8) is 0 Å². The van der Waals surface area contributed by atoms with Crippen LogP contribution in [0.25, 0.3) is 11.0 Å². The van der Waals surface area contributed by atoms with Gasteiger partial charge in [0.25, 0.3) is 0 Å². The average molecular weight is 282 g/mol. The van der Waals surface area contributed by atoms with Crippen LogP contribution in [0.1, 0.15) is 10.4 Å². The standard InChI is InChI=1S/C16H14N2OS/c1-20-16-17-13-9-5-6-10-14(13)18(16)15(19)11-12-7-3-2-4-8-12/h2-10H,11H2,1H3. The van der Waals surface area contributed by atoms with E-state index in [0.29, 0.717) is 6.42 Å². The minimum absolute atomic E-state index is 0.0502. The van der Waals surface area contributed by atoms with Crippen molar-refractivity contribution in [3.05, 3.63) is 60.2 Å².